The van der Waals surface area contributed by atoms with Crippen LogP contribution in [-0.4, -0.2) is 70.0 Å². The van der Waals surface area contributed by atoms with E-state index in [0.717, 1.165) is 38.5 Å². The van der Waals surface area contributed by atoms with Crippen LogP contribution in [0.25, 0.3) is 0 Å². The number of hydrogen-bond donors (Lipinski definition) is 0. The van der Waals surface area contributed by atoms with E-state index in [1.165, 1.54) is 141 Å². The summed E-state index contributed by atoms with van der Waals surface area (Å²) in [5.41, 5.74) is 0. The van der Waals surface area contributed by atoms with Gasteiger partial charge in [0.1, 0.15) is 19.8 Å². The number of carbonyl (C=O) groups is 2. The fraction of sp³-hybridized carbons (Fsp3) is 0.911. The van der Waals surface area contributed by atoms with Crippen molar-refractivity contribution in [3.8, 4) is 0 Å². The van der Waals surface area contributed by atoms with Crippen LogP contribution in [0.15, 0.2) is 12.2 Å². The lowest BCUT2D eigenvalue weighted by atomic mass is 10.0. The first-order valence-corrected chi connectivity index (χ1v) is 24.4. The number of phosphoric acid groups is 1. The molecule has 0 N–H and O–H groups in total. The number of phosphoric ester groups is 1. The van der Waals surface area contributed by atoms with Crippen LogP contribution in [0.4, 0.5) is 0 Å². The maximum absolute atomic E-state index is 12.7. The lowest BCUT2D eigenvalue weighted by Crippen LogP contribution is -2.37. The average molecular weight is 802 g/mol. The lowest BCUT2D eigenvalue weighted by molar-refractivity contribution is -0.870. The number of ether oxygens (including phenoxy) is 2. The van der Waals surface area contributed by atoms with Gasteiger partial charge in [0.25, 0.3) is 7.82 Å². The van der Waals surface area contributed by atoms with Gasteiger partial charge in [-0.1, -0.05) is 174 Å². The minimum absolute atomic E-state index is 0.0279. The highest BCUT2D eigenvalue weighted by Gasteiger charge is 2.21. The predicted molar refractivity (Wildman–Crippen MR) is 227 cm³/mol. The molecule has 0 radical (unpaired) electrons. The normalized spacial score (nSPS) is 13.6. The lowest BCUT2D eigenvalue weighted by Gasteiger charge is -2.28. The zero-order valence-electron chi connectivity index (χ0n) is 36.6. The number of quaternary nitrogens is 1. The van der Waals surface area contributed by atoms with Gasteiger partial charge in [0.05, 0.1) is 27.7 Å². The first kappa shape index (κ1) is 53.8. The van der Waals surface area contributed by atoms with Crippen molar-refractivity contribution >= 4 is 19.8 Å². The van der Waals surface area contributed by atoms with Crippen LogP contribution in [0.5, 0.6) is 0 Å². The molecule has 0 fully saturated rings. The van der Waals surface area contributed by atoms with Crippen LogP contribution >= 0.6 is 7.82 Å². The molecule has 0 rings (SSSR count). The summed E-state index contributed by atoms with van der Waals surface area (Å²) in [7, 11) is 1.17. The largest absolute Gasteiger partial charge is 0.756 e. The van der Waals surface area contributed by atoms with Crippen LogP contribution in [0.1, 0.15) is 213 Å². The third-order valence-corrected chi connectivity index (χ3v) is 11.0. The first-order chi connectivity index (χ1) is 26.5. The van der Waals surface area contributed by atoms with Gasteiger partial charge in [0.15, 0.2) is 6.10 Å². The van der Waals surface area contributed by atoms with E-state index < -0.39 is 26.5 Å². The van der Waals surface area contributed by atoms with E-state index in [4.69, 9.17) is 18.5 Å². The second-order valence-corrected chi connectivity index (χ2v) is 18.2. The smallest absolute Gasteiger partial charge is 0.306 e. The molecule has 9 nitrogen and oxygen atoms in total. The summed E-state index contributed by atoms with van der Waals surface area (Å²) in [6, 6.07) is 0. The number of allylic oxidation sites excluding steroid dienone is 2. The van der Waals surface area contributed by atoms with Gasteiger partial charge in [-0.15, -0.1) is 0 Å². The fourth-order valence-corrected chi connectivity index (χ4v) is 7.14. The van der Waals surface area contributed by atoms with Crippen molar-refractivity contribution < 1.29 is 42.1 Å². The molecule has 2 unspecified atom stereocenters. The quantitative estimate of drug-likeness (QED) is 0.0197. The van der Waals surface area contributed by atoms with Gasteiger partial charge < -0.3 is 27.9 Å². The number of unbranched alkanes of at least 4 members (excludes halogenated alkanes) is 26. The molecule has 0 bridgehead atoms. The van der Waals surface area contributed by atoms with Gasteiger partial charge in [-0.2, -0.15) is 0 Å². The molecule has 0 aliphatic rings. The predicted octanol–water partition coefficient (Wildman–Crippen LogP) is 12.3. The molecule has 0 aliphatic heterocycles. The van der Waals surface area contributed by atoms with Gasteiger partial charge in [0, 0.05) is 12.8 Å². The number of hydrogen-bond acceptors (Lipinski definition) is 8. The highest BCUT2D eigenvalue weighted by atomic mass is 31.2. The SMILES string of the molecule is CCCCCCCCCC/C=C\CCCCCCCCCCCCCC(=O)OC(COC(=O)CCCCCCCCCC)COP(=O)([O-])OCC[N+](C)(C)C. The minimum atomic E-state index is -4.61. The summed E-state index contributed by atoms with van der Waals surface area (Å²) < 4.78 is 33.8. The number of esters is 2. The van der Waals surface area contributed by atoms with Crippen LogP contribution in [-0.2, 0) is 32.7 Å². The topological polar surface area (TPSA) is 111 Å². The van der Waals surface area contributed by atoms with E-state index in [2.05, 4.69) is 26.0 Å². The molecule has 326 valence electrons. The van der Waals surface area contributed by atoms with Crippen molar-refractivity contribution in [2.75, 3.05) is 47.5 Å². The maximum Gasteiger partial charge on any atom is 0.306 e. The third kappa shape index (κ3) is 42.2. The molecular weight excluding hydrogens is 713 g/mol. The molecule has 0 heterocycles. The summed E-state index contributed by atoms with van der Waals surface area (Å²) in [5.74, 6) is -0.831. The van der Waals surface area contributed by atoms with Gasteiger partial charge >= 0.3 is 11.9 Å². The number of rotatable bonds is 42. The van der Waals surface area contributed by atoms with Crippen molar-refractivity contribution in [1.82, 2.24) is 0 Å². The third-order valence-electron chi connectivity index (χ3n) is 10.0. The van der Waals surface area contributed by atoms with Gasteiger partial charge in [0.2, 0.25) is 0 Å². The summed E-state index contributed by atoms with van der Waals surface area (Å²) in [6.07, 6.45) is 39.7. The molecule has 0 saturated heterocycles. The number of likely N-dealkylation sites (N-methyl/N-ethyl adjacent to an activating group) is 1. The Hall–Kier alpha value is -1.25. The Morgan fingerprint density at radius 1 is 0.545 bits per heavy atom. The molecule has 0 aliphatic carbocycles. The van der Waals surface area contributed by atoms with E-state index in [1.807, 2.05) is 21.1 Å². The summed E-state index contributed by atoms with van der Waals surface area (Å²) in [5, 5.41) is 0. The summed E-state index contributed by atoms with van der Waals surface area (Å²) >= 11 is 0. The van der Waals surface area contributed by atoms with E-state index in [0.29, 0.717) is 17.4 Å². The Morgan fingerprint density at radius 3 is 1.35 bits per heavy atom. The average Bonchev–Trinajstić information content (AvgIpc) is 3.13. The van der Waals surface area contributed by atoms with Crippen molar-refractivity contribution in [3.05, 3.63) is 12.2 Å². The van der Waals surface area contributed by atoms with E-state index in [1.54, 1.807) is 0 Å². The minimum Gasteiger partial charge on any atom is -0.756 e. The zero-order valence-corrected chi connectivity index (χ0v) is 37.5. The van der Waals surface area contributed by atoms with Crippen LogP contribution in [0.2, 0.25) is 0 Å². The van der Waals surface area contributed by atoms with Gasteiger partial charge in [-0.05, 0) is 38.5 Å². The van der Waals surface area contributed by atoms with Crippen LogP contribution in [0.3, 0.4) is 0 Å². The van der Waals surface area contributed by atoms with Crippen molar-refractivity contribution in [1.29, 1.82) is 0 Å². The highest BCUT2D eigenvalue weighted by Crippen LogP contribution is 2.38. The Balaban J connectivity index is 4.14. The molecule has 0 aromatic rings. The standard InChI is InChI=1S/C45H88NO8P/c1-6-8-10-12-14-16-17-18-19-20-21-22-23-24-25-26-27-28-29-30-32-34-36-38-45(48)54-43(42-53-55(49,50)52-40-39-46(3,4)5)41-51-44(47)37-35-33-31-15-13-11-9-7-2/h20-21,43H,6-19,22-42H2,1-5H3/b21-20-. The second kappa shape index (κ2) is 38.3. The van der Waals surface area contributed by atoms with E-state index in [9.17, 15) is 19.0 Å². The molecule has 0 amide bonds. The first-order valence-electron chi connectivity index (χ1n) is 22.9. The zero-order chi connectivity index (χ0) is 40.7. The Morgan fingerprint density at radius 2 is 0.927 bits per heavy atom. The van der Waals surface area contributed by atoms with Crippen molar-refractivity contribution in [3.63, 3.8) is 0 Å². The Kier molecular flexibility index (Phi) is 37.4. The molecule has 2 atom stereocenters. The molecule has 55 heavy (non-hydrogen) atoms. The number of carbonyl (C=O) groups excluding carboxylic acids is 2. The second-order valence-electron chi connectivity index (χ2n) is 16.8. The molecule has 0 saturated carbocycles. The molecule has 0 aromatic carbocycles. The molecule has 0 aromatic heterocycles. The van der Waals surface area contributed by atoms with E-state index >= 15 is 0 Å². The van der Waals surface area contributed by atoms with Crippen LogP contribution < -0.4 is 4.89 Å². The summed E-state index contributed by atoms with van der Waals surface area (Å²) in [6.45, 7) is 4.21. The Bertz CT molecular complexity index is 954. The monoisotopic (exact) mass is 802 g/mol. The van der Waals surface area contributed by atoms with Gasteiger partial charge in [-0.3, -0.25) is 14.2 Å². The Labute approximate surface area is 339 Å². The summed E-state index contributed by atoms with van der Waals surface area (Å²) in [4.78, 5) is 37.4. The molecule has 10 heteroatoms. The fourth-order valence-electron chi connectivity index (χ4n) is 6.41. The highest BCUT2D eigenvalue weighted by molar-refractivity contribution is 7.45. The molecule has 0 spiro atoms. The van der Waals surface area contributed by atoms with Gasteiger partial charge in [-0.25, -0.2) is 0 Å². The van der Waals surface area contributed by atoms with E-state index in [-0.39, 0.29) is 32.0 Å². The number of nitrogens with zero attached hydrogens (tertiary/aromatic N) is 1. The van der Waals surface area contributed by atoms with Crippen molar-refractivity contribution in [2.24, 2.45) is 0 Å². The maximum atomic E-state index is 12.7. The molecular formula is C45H88NO8P. The van der Waals surface area contributed by atoms with Crippen LogP contribution in [0, 0.1) is 0 Å². The van der Waals surface area contributed by atoms with Crippen molar-refractivity contribution in [2.45, 2.75) is 219 Å².